The number of anilines is 1. The Morgan fingerprint density at radius 1 is 0.950 bits per heavy atom. The Morgan fingerprint density at radius 2 is 1.55 bits per heavy atom. The van der Waals surface area contributed by atoms with Crippen LogP contribution in [0.5, 0.6) is 0 Å². The van der Waals surface area contributed by atoms with Gasteiger partial charge in [-0.05, 0) is 24.1 Å². The molecule has 1 aliphatic heterocycles. The first-order chi connectivity index (χ1) is 9.56. The Bertz CT molecular complexity index is 645. The Labute approximate surface area is 120 Å². The van der Waals surface area contributed by atoms with E-state index in [0.717, 1.165) is 5.70 Å². The number of nitrogens with zero attached hydrogens (tertiary/aromatic N) is 2. The second kappa shape index (κ2) is 4.50. The van der Waals surface area contributed by atoms with Gasteiger partial charge < -0.3 is 0 Å². The summed E-state index contributed by atoms with van der Waals surface area (Å²) in [6.07, 6.45) is 0. The van der Waals surface area contributed by atoms with Crippen LogP contribution in [0.15, 0.2) is 66.9 Å². The molecule has 2 aromatic rings. The molecule has 0 amide bonds. The molecule has 3 rings (SSSR count). The molecule has 20 heavy (non-hydrogen) atoms. The Kier molecular flexibility index (Phi) is 2.91. The van der Waals surface area contributed by atoms with E-state index in [1.165, 1.54) is 16.8 Å². The van der Waals surface area contributed by atoms with Crippen molar-refractivity contribution in [3.8, 4) is 0 Å². The van der Waals surface area contributed by atoms with Crippen LogP contribution in [0.4, 0.5) is 5.69 Å². The van der Waals surface area contributed by atoms with Crippen LogP contribution in [0.2, 0.25) is 0 Å². The van der Waals surface area contributed by atoms with Crippen LogP contribution in [-0.4, -0.2) is 19.1 Å². The lowest BCUT2D eigenvalue weighted by molar-refractivity contribution is 0.395. The summed E-state index contributed by atoms with van der Waals surface area (Å²) < 4.78 is 0. The van der Waals surface area contributed by atoms with Gasteiger partial charge in [0.1, 0.15) is 0 Å². The molecular weight excluding hydrogens is 244 g/mol. The summed E-state index contributed by atoms with van der Waals surface area (Å²) in [6, 6.07) is 19.2. The maximum absolute atomic E-state index is 4.39. The maximum atomic E-state index is 4.39. The van der Waals surface area contributed by atoms with Crippen LogP contribution < -0.4 is 5.01 Å². The largest absolute Gasteiger partial charge is 0.278 e. The highest BCUT2D eigenvalue weighted by atomic mass is 15.6. The molecule has 102 valence electrons. The van der Waals surface area contributed by atoms with Gasteiger partial charge in [0.05, 0.1) is 11.1 Å². The molecule has 0 aromatic heterocycles. The van der Waals surface area contributed by atoms with Crippen molar-refractivity contribution in [3.63, 3.8) is 0 Å². The number of rotatable bonds is 2. The zero-order valence-electron chi connectivity index (χ0n) is 12.3. The molecule has 1 aliphatic rings. The summed E-state index contributed by atoms with van der Waals surface area (Å²) in [4.78, 5) is 0. The Hall–Kier alpha value is -2.06. The van der Waals surface area contributed by atoms with Gasteiger partial charge in [-0.3, -0.25) is 5.01 Å². The van der Waals surface area contributed by atoms with Crippen molar-refractivity contribution in [1.82, 2.24) is 5.01 Å². The van der Waals surface area contributed by atoms with Crippen LogP contribution in [0, 0.1) is 0 Å². The lowest BCUT2D eigenvalue weighted by atomic mass is 9.76. The van der Waals surface area contributed by atoms with Crippen molar-refractivity contribution in [3.05, 3.63) is 78.0 Å². The molecule has 0 fully saturated rings. The van der Waals surface area contributed by atoms with Gasteiger partial charge in [0.15, 0.2) is 0 Å². The highest BCUT2D eigenvalue weighted by Gasteiger charge is 2.44. The smallest absolute Gasteiger partial charge is 0.0621 e. The number of hydrazine groups is 1. The first kappa shape index (κ1) is 12.9. The average molecular weight is 264 g/mol. The molecule has 0 saturated carbocycles. The number of hydrogen-bond acceptors (Lipinski definition) is 2. The average Bonchev–Trinajstić information content (AvgIpc) is 2.70. The van der Waals surface area contributed by atoms with Crippen molar-refractivity contribution in [2.75, 3.05) is 19.1 Å². The normalized spacial score (nSPS) is 21.4. The number of allylic oxidation sites excluding steroid dienone is 1. The zero-order valence-corrected chi connectivity index (χ0v) is 12.3. The van der Waals surface area contributed by atoms with Gasteiger partial charge in [-0.15, -0.1) is 0 Å². The first-order valence-electron chi connectivity index (χ1n) is 6.88. The van der Waals surface area contributed by atoms with Crippen LogP contribution in [0.25, 0.3) is 0 Å². The fourth-order valence-electron chi connectivity index (χ4n) is 3.14. The van der Waals surface area contributed by atoms with E-state index < -0.39 is 0 Å². The number of hydrogen-bond donors (Lipinski definition) is 0. The van der Waals surface area contributed by atoms with Crippen molar-refractivity contribution in [1.29, 1.82) is 0 Å². The Balaban J connectivity index is 2.25. The summed E-state index contributed by atoms with van der Waals surface area (Å²) in [5.41, 5.74) is 4.72. The van der Waals surface area contributed by atoms with Crippen molar-refractivity contribution in [2.24, 2.45) is 0 Å². The molecule has 0 radical (unpaired) electrons. The summed E-state index contributed by atoms with van der Waals surface area (Å²) >= 11 is 0. The lowest BCUT2D eigenvalue weighted by Crippen LogP contribution is -2.37. The van der Waals surface area contributed by atoms with Gasteiger partial charge in [0.25, 0.3) is 0 Å². The van der Waals surface area contributed by atoms with E-state index in [0.29, 0.717) is 0 Å². The predicted molar refractivity (Wildman–Crippen MR) is 84.6 cm³/mol. The molecule has 0 spiro atoms. The third-order valence-electron chi connectivity index (χ3n) is 4.25. The summed E-state index contributed by atoms with van der Waals surface area (Å²) in [6.45, 7) is 6.64. The van der Waals surface area contributed by atoms with Gasteiger partial charge in [-0.1, -0.05) is 55.1 Å². The van der Waals surface area contributed by atoms with Crippen LogP contribution in [0.1, 0.15) is 18.1 Å². The van der Waals surface area contributed by atoms with E-state index >= 15 is 0 Å². The second-order valence-corrected chi connectivity index (χ2v) is 5.61. The molecule has 0 unspecified atom stereocenters. The summed E-state index contributed by atoms with van der Waals surface area (Å²) in [5, 5.41) is 4.29. The molecule has 1 heterocycles. The highest BCUT2D eigenvalue weighted by Crippen LogP contribution is 2.50. The van der Waals surface area contributed by atoms with Crippen molar-refractivity contribution < 1.29 is 0 Å². The van der Waals surface area contributed by atoms with E-state index in [4.69, 9.17) is 0 Å². The number of fused-ring (bicyclic) bond motifs is 1. The van der Waals surface area contributed by atoms with Crippen molar-refractivity contribution >= 4 is 5.69 Å². The minimum absolute atomic E-state index is 0.178. The first-order valence-corrected chi connectivity index (χ1v) is 6.88. The van der Waals surface area contributed by atoms with Gasteiger partial charge >= 0.3 is 0 Å². The van der Waals surface area contributed by atoms with E-state index in [1.54, 1.807) is 0 Å². The van der Waals surface area contributed by atoms with E-state index in [-0.39, 0.29) is 5.41 Å². The SMILES string of the molecule is C=C1N(N(C)C)c2ccccc2[C@@]1(C)c1ccccc1. The maximum Gasteiger partial charge on any atom is 0.0621 e. The van der Waals surface area contributed by atoms with Gasteiger partial charge in [-0.2, -0.15) is 0 Å². The zero-order chi connectivity index (χ0) is 14.3. The van der Waals surface area contributed by atoms with Crippen LogP contribution in [0.3, 0.4) is 0 Å². The monoisotopic (exact) mass is 264 g/mol. The van der Waals surface area contributed by atoms with Crippen molar-refractivity contribution in [2.45, 2.75) is 12.3 Å². The summed E-state index contributed by atoms with van der Waals surface area (Å²) in [5.74, 6) is 0. The van der Waals surface area contributed by atoms with Crippen LogP contribution >= 0.6 is 0 Å². The highest BCUT2D eigenvalue weighted by molar-refractivity contribution is 5.72. The predicted octanol–water partition coefficient (Wildman–Crippen LogP) is 3.80. The second-order valence-electron chi connectivity index (χ2n) is 5.61. The van der Waals surface area contributed by atoms with E-state index in [1.807, 2.05) is 0 Å². The summed E-state index contributed by atoms with van der Waals surface area (Å²) in [7, 11) is 4.11. The Morgan fingerprint density at radius 3 is 2.20 bits per heavy atom. The molecule has 1 atom stereocenters. The molecule has 0 N–H and O–H groups in total. The molecule has 2 heteroatoms. The molecule has 2 aromatic carbocycles. The fraction of sp³-hybridized carbons (Fsp3) is 0.222. The molecule has 2 nitrogen and oxygen atoms in total. The van der Waals surface area contributed by atoms with E-state index in [2.05, 4.69) is 92.2 Å². The molecule has 0 aliphatic carbocycles. The fourth-order valence-corrected chi connectivity index (χ4v) is 3.14. The molecular formula is C18H20N2. The standard InChI is InChI=1S/C18H20N2/c1-14-18(2,15-10-6-5-7-11-15)16-12-8-9-13-17(16)20(14)19(3)4/h5-13H,1H2,2-4H3/t18-/m1/s1. The minimum Gasteiger partial charge on any atom is -0.278 e. The third-order valence-corrected chi connectivity index (χ3v) is 4.25. The topological polar surface area (TPSA) is 6.48 Å². The van der Waals surface area contributed by atoms with Gasteiger partial charge in [0.2, 0.25) is 0 Å². The molecule has 0 bridgehead atoms. The van der Waals surface area contributed by atoms with E-state index in [9.17, 15) is 0 Å². The van der Waals surface area contributed by atoms with Gasteiger partial charge in [0, 0.05) is 19.8 Å². The number of benzene rings is 2. The van der Waals surface area contributed by atoms with Crippen LogP contribution in [-0.2, 0) is 5.41 Å². The molecule has 0 saturated heterocycles. The number of para-hydroxylation sites is 1. The third kappa shape index (κ3) is 1.61. The lowest BCUT2D eigenvalue weighted by Gasteiger charge is -2.33. The minimum atomic E-state index is -0.178. The quantitative estimate of drug-likeness (QED) is 0.814. The van der Waals surface area contributed by atoms with Gasteiger partial charge in [-0.25, -0.2) is 5.01 Å².